The molecule has 0 radical (unpaired) electrons. The summed E-state index contributed by atoms with van der Waals surface area (Å²) < 4.78 is 42.1. The highest BCUT2D eigenvalue weighted by atomic mass is 79.9. The molecular formula is C10H9BrF3NO2. The molecule has 0 spiro atoms. The molecule has 1 rings (SSSR count). The molecule has 1 aromatic heterocycles. The van der Waals surface area contributed by atoms with Gasteiger partial charge in [0.1, 0.15) is 0 Å². The Bertz CT molecular complexity index is 421. The van der Waals surface area contributed by atoms with Crippen molar-refractivity contribution in [3.05, 3.63) is 28.0 Å². The lowest BCUT2D eigenvalue weighted by Gasteiger charge is -2.11. The van der Waals surface area contributed by atoms with Crippen LogP contribution >= 0.6 is 15.9 Å². The Morgan fingerprint density at radius 3 is 2.65 bits per heavy atom. The normalized spacial score (nSPS) is 11.4. The molecule has 0 unspecified atom stereocenters. The SMILES string of the molecule is CCOC(=O)Cc1cncc(C(F)(F)F)c1Br. The van der Waals surface area contributed by atoms with E-state index < -0.39 is 17.7 Å². The van der Waals surface area contributed by atoms with E-state index in [1.807, 2.05) is 0 Å². The van der Waals surface area contributed by atoms with Gasteiger partial charge in [0, 0.05) is 16.9 Å². The molecule has 0 fully saturated rings. The first-order chi connectivity index (χ1) is 7.86. The van der Waals surface area contributed by atoms with Gasteiger partial charge in [0.2, 0.25) is 0 Å². The van der Waals surface area contributed by atoms with E-state index in [1.165, 1.54) is 6.20 Å². The molecule has 3 nitrogen and oxygen atoms in total. The minimum Gasteiger partial charge on any atom is -0.466 e. The Hall–Kier alpha value is -1.11. The average molecular weight is 312 g/mol. The van der Waals surface area contributed by atoms with Crippen LogP contribution in [-0.2, 0) is 22.1 Å². The number of nitrogens with zero attached hydrogens (tertiary/aromatic N) is 1. The zero-order valence-electron chi connectivity index (χ0n) is 8.84. The van der Waals surface area contributed by atoms with E-state index in [1.54, 1.807) is 6.92 Å². The van der Waals surface area contributed by atoms with Crippen LogP contribution in [0.5, 0.6) is 0 Å². The first-order valence-electron chi connectivity index (χ1n) is 4.71. The molecule has 0 amide bonds. The van der Waals surface area contributed by atoms with E-state index in [2.05, 4.69) is 25.7 Å². The Balaban J connectivity index is 2.99. The molecule has 94 valence electrons. The van der Waals surface area contributed by atoms with E-state index in [-0.39, 0.29) is 23.1 Å². The maximum absolute atomic E-state index is 12.5. The second kappa shape index (κ2) is 5.48. The zero-order valence-corrected chi connectivity index (χ0v) is 10.4. The number of hydrogen-bond acceptors (Lipinski definition) is 3. The second-order valence-corrected chi connectivity index (χ2v) is 3.93. The lowest BCUT2D eigenvalue weighted by molar-refractivity contribution is -0.143. The van der Waals surface area contributed by atoms with Crippen molar-refractivity contribution in [2.45, 2.75) is 19.5 Å². The summed E-state index contributed by atoms with van der Waals surface area (Å²) in [5.74, 6) is -0.589. The first kappa shape index (κ1) is 14.0. The molecule has 1 heterocycles. The van der Waals surface area contributed by atoms with Gasteiger partial charge in [0.15, 0.2) is 0 Å². The molecule has 0 saturated carbocycles. The first-order valence-corrected chi connectivity index (χ1v) is 5.50. The van der Waals surface area contributed by atoms with Crippen molar-refractivity contribution in [1.82, 2.24) is 4.98 Å². The number of halogens is 4. The smallest absolute Gasteiger partial charge is 0.418 e. The summed E-state index contributed by atoms with van der Waals surface area (Å²) in [5, 5.41) is 0. The topological polar surface area (TPSA) is 39.2 Å². The van der Waals surface area contributed by atoms with Crippen LogP contribution in [0.25, 0.3) is 0 Å². The molecule has 0 aliphatic carbocycles. The Morgan fingerprint density at radius 1 is 1.47 bits per heavy atom. The summed E-state index contributed by atoms with van der Waals surface area (Å²) in [6.45, 7) is 1.81. The monoisotopic (exact) mass is 311 g/mol. The third-order valence-corrected chi connectivity index (χ3v) is 2.83. The van der Waals surface area contributed by atoms with Gasteiger partial charge in [0.25, 0.3) is 0 Å². The fraction of sp³-hybridized carbons (Fsp3) is 0.400. The number of esters is 1. The van der Waals surface area contributed by atoms with Crippen LogP contribution in [0.15, 0.2) is 16.9 Å². The van der Waals surface area contributed by atoms with Crippen LogP contribution in [0.2, 0.25) is 0 Å². The van der Waals surface area contributed by atoms with Crippen LogP contribution in [0, 0.1) is 0 Å². The summed E-state index contributed by atoms with van der Waals surface area (Å²) in [5.41, 5.74) is -0.752. The molecule has 7 heteroatoms. The third-order valence-electron chi connectivity index (χ3n) is 1.90. The van der Waals surface area contributed by atoms with Gasteiger partial charge in [-0.1, -0.05) is 0 Å². The summed E-state index contributed by atoms with van der Waals surface area (Å²) in [6, 6.07) is 0. The zero-order chi connectivity index (χ0) is 13.1. The van der Waals surface area contributed by atoms with E-state index >= 15 is 0 Å². The maximum Gasteiger partial charge on any atom is 0.418 e. The Labute approximate surface area is 104 Å². The van der Waals surface area contributed by atoms with Crippen molar-refractivity contribution in [1.29, 1.82) is 0 Å². The number of pyridine rings is 1. The van der Waals surface area contributed by atoms with E-state index in [0.717, 1.165) is 0 Å². The molecule has 0 atom stereocenters. The number of carbonyl (C=O) groups excluding carboxylic acids is 1. The molecule has 0 aromatic carbocycles. The van der Waals surface area contributed by atoms with Crippen molar-refractivity contribution < 1.29 is 22.7 Å². The maximum atomic E-state index is 12.5. The van der Waals surface area contributed by atoms with E-state index in [9.17, 15) is 18.0 Å². The fourth-order valence-corrected chi connectivity index (χ4v) is 1.75. The second-order valence-electron chi connectivity index (χ2n) is 3.14. The standard InChI is InChI=1S/C10H9BrF3NO2/c1-2-17-8(16)3-6-4-15-5-7(9(6)11)10(12,13)14/h4-5H,2-3H2,1H3. The molecule has 0 aliphatic rings. The number of alkyl halides is 3. The van der Waals surface area contributed by atoms with Crippen LogP contribution in [0.4, 0.5) is 13.2 Å². The summed E-state index contributed by atoms with van der Waals surface area (Å²) in [4.78, 5) is 14.6. The quantitative estimate of drug-likeness (QED) is 0.806. The Kier molecular flexibility index (Phi) is 4.50. The largest absolute Gasteiger partial charge is 0.466 e. The molecule has 0 bridgehead atoms. The van der Waals surface area contributed by atoms with Crippen LogP contribution in [0.3, 0.4) is 0 Å². The molecule has 17 heavy (non-hydrogen) atoms. The highest BCUT2D eigenvalue weighted by Gasteiger charge is 2.34. The summed E-state index contributed by atoms with van der Waals surface area (Å²) >= 11 is 2.83. The van der Waals surface area contributed by atoms with Crippen molar-refractivity contribution in [3.8, 4) is 0 Å². The highest BCUT2D eigenvalue weighted by molar-refractivity contribution is 9.10. The van der Waals surface area contributed by atoms with Gasteiger partial charge in [-0.25, -0.2) is 0 Å². The lowest BCUT2D eigenvalue weighted by Crippen LogP contribution is -2.12. The van der Waals surface area contributed by atoms with Crippen molar-refractivity contribution in [2.24, 2.45) is 0 Å². The number of hydrogen-bond donors (Lipinski definition) is 0. The van der Waals surface area contributed by atoms with E-state index in [4.69, 9.17) is 0 Å². The minimum atomic E-state index is -4.50. The van der Waals surface area contributed by atoms with Gasteiger partial charge in [-0.05, 0) is 28.4 Å². The van der Waals surface area contributed by atoms with Gasteiger partial charge >= 0.3 is 12.1 Å². The lowest BCUT2D eigenvalue weighted by atomic mass is 10.1. The Morgan fingerprint density at radius 2 is 2.12 bits per heavy atom. The molecular weight excluding hydrogens is 303 g/mol. The third kappa shape index (κ3) is 3.69. The van der Waals surface area contributed by atoms with Crippen molar-refractivity contribution in [3.63, 3.8) is 0 Å². The average Bonchev–Trinajstić information content (AvgIpc) is 2.19. The van der Waals surface area contributed by atoms with Crippen LogP contribution < -0.4 is 0 Å². The van der Waals surface area contributed by atoms with Gasteiger partial charge in [-0.15, -0.1) is 0 Å². The molecule has 0 saturated heterocycles. The molecule has 0 N–H and O–H groups in total. The molecule has 1 aromatic rings. The number of rotatable bonds is 3. The predicted molar refractivity (Wildman–Crippen MR) is 57.3 cm³/mol. The summed E-state index contributed by atoms with van der Waals surface area (Å²) in [7, 11) is 0. The summed E-state index contributed by atoms with van der Waals surface area (Å²) in [6.07, 6.45) is -2.84. The van der Waals surface area contributed by atoms with Crippen LogP contribution in [-0.4, -0.2) is 17.6 Å². The van der Waals surface area contributed by atoms with Gasteiger partial charge < -0.3 is 4.74 Å². The van der Waals surface area contributed by atoms with Crippen LogP contribution in [0.1, 0.15) is 18.1 Å². The fourth-order valence-electron chi connectivity index (χ4n) is 1.18. The predicted octanol–water partition coefficient (Wildman–Crippen LogP) is 2.97. The van der Waals surface area contributed by atoms with Gasteiger partial charge in [-0.3, -0.25) is 9.78 Å². The molecule has 0 aliphatic heterocycles. The number of aromatic nitrogens is 1. The number of ether oxygens (including phenoxy) is 1. The minimum absolute atomic E-state index is 0.151. The number of carbonyl (C=O) groups is 1. The van der Waals surface area contributed by atoms with Crippen molar-refractivity contribution >= 4 is 21.9 Å². The van der Waals surface area contributed by atoms with Gasteiger partial charge in [0.05, 0.1) is 18.6 Å². The highest BCUT2D eigenvalue weighted by Crippen LogP contribution is 2.35. The van der Waals surface area contributed by atoms with Gasteiger partial charge in [-0.2, -0.15) is 13.2 Å². The van der Waals surface area contributed by atoms with E-state index in [0.29, 0.717) is 6.20 Å². The van der Waals surface area contributed by atoms with Crippen molar-refractivity contribution in [2.75, 3.05) is 6.61 Å².